The number of halogens is 2. The molecule has 0 saturated carbocycles. The van der Waals surface area contributed by atoms with E-state index in [1.165, 1.54) is 54.4 Å². The first-order valence-corrected chi connectivity index (χ1v) is 10.4. The predicted octanol–water partition coefficient (Wildman–Crippen LogP) is 2.92. The Morgan fingerprint density at radius 2 is 1.85 bits per heavy atom. The van der Waals surface area contributed by atoms with Crippen molar-refractivity contribution in [1.29, 1.82) is 0 Å². The molecule has 1 N–H and O–H groups in total. The second kappa shape index (κ2) is 8.54. The summed E-state index contributed by atoms with van der Waals surface area (Å²) in [5.41, 5.74) is 0.480. The zero-order valence-electron chi connectivity index (χ0n) is 17.6. The highest BCUT2D eigenvalue weighted by atomic mass is 32.1. The molecule has 4 aromatic rings. The summed E-state index contributed by atoms with van der Waals surface area (Å²) in [7, 11) is 2.84. The zero-order chi connectivity index (χ0) is 23.9. The molecule has 12 heteroatoms. The first-order valence-electron chi connectivity index (χ1n) is 9.55. The largest absolute Gasteiger partial charge is 0.435 e. The Balaban J connectivity index is 1.60. The molecule has 0 fully saturated rings. The lowest BCUT2D eigenvalue weighted by molar-refractivity contribution is -0.0498. The number of hydrogen-bond acceptors (Lipinski definition) is 7. The molecule has 0 saturated heterocycles. The summed E-state index contributed by atoms with van der Waals surface area (Å²) in [5.74, 6) is -0.496. The third kappa shape index (κ3) is 4.24. The number of carbonyl (C=O) groups is 1. The Labute approximate surface area is 188 Å². The van der Waals surface area contributed by atoms with Crippen LogP contribution < -0.4 is 21.3 Å². The third-order valence-corrected chi connectivity index (χ3v) is 5.81. The van der Waals surface area contributed by atoms with E-state index >= 15 is 0 Å². The Kier molecular flexibility index (Phi) is 5.77. The van der Waals surface area contributed by atoms with Crippen LogP contribution in [0.25, 0.3) is 22.3 Å². The van der Waals surface area contributed by atoms with Gasteiger partial charge in [-0.25, -0.2) is 14.8 Å². The molecule has 0 aliphatic rings. The number of ether oxygens (including phenoxy) is 1. The molecular formula is C21H17F2N5O4S. The number of rotatable bonds is 5. The fourth-order valence-electron chi connectivity index (χ4n) is 3.27. The number of thiazole rings is 1. The van der Waals surface area contributed by atoms with E-state index < -0.39 is 23.8 Å². The van der Waals surface area contributed by atoms with Gasteiger partial charge in [0.25, 0.3) is 11.5 Å². The van der Waals surface area contributed by atoms with Gasteiger partial charge in [0, 0.05) is 30.7 Å². The van der Waals surface area contributed by atoms with Crippen molar-refractivity contribution in [2.45, 2.75) is 13.5 Å². The topological polar surface area (TPSA) is 108 Å². The number of nitrogens with zero attached hydrogens (tertiary/aromatic N) is 4. The number of amides is 1. The Hall–Kier alpha value is -3.93. The van der Waals surface area contributed by atoms with E-state index in [9.17, 15) is 23.2 Å². The van der Waals surface area contributed by atoms with Crippen molar-refractivity contribution >= 4 is 33.4 Å². The van der Waals surface area contributed by atoms with E-state index in [4.69, 9.17) is 0 Å². The quantitative estimate of drug-likeness (QED) is 0.478. The summed E-state index contributed by atoms with van der Waals surface area (Å²) in [5, 5.41) is 3.13. The van der Waals surface area contributed by atoms with E-state index in [1.54, 1.807) is 12.1 Å². The van der Waals surface area contributed by atoms with Gasteiger partial charge in [-0.15, -0.1) is 11.3 Å². The highest BCUT2D eigenvalue weighted by molar-refractivity contribution is 7.16. The van der Waals surface area contributed by atoms with Crippen molar-refractivity contribution in [2.75, 3.05) is 5.32 Å². The molecule has 4 rings (SSSR count). The number of hydrogen-bond donors (Lipinski definition) is 1. The maximum Gasteiger partial charge on any atom is 0.387 e. The summed E-state index contributed by atoms with van der Waals surface area (Å²) in [6.07, 6.45) is 1.28. The maximum absolute atomic E-state index is 12.8. The smallest absolute Gasteiger partial charge is 0.387 e. The zero-order valence-corrected chi connectivity index (χ0v) is 18.4. The fraction of sp³-hybridized carbons (Fsp3) is 0.190. The summed E-state index contributed by atoms with van der Waals surface area (Å²) in [4.78, 5) is 46.6. The molecule has 3 aromatic heterocycles. The monoisotopic (exact) mass is 473 g/mol. The molecule has 33 heavy (non-hydrogen) atoms. The molecular weight excluding hydrogens is 456 g/mol. The first kappa shape index (κ1) is 22.3. The molecule has 0 bridgehead atoms. The van der Waals surface area contributed by atoms with Crippen molar-refractivity contribution in [3.63, 3.8) is 0 Å². The Morgan fingerprint density at radius 1 is 1.15 bits per heavy atom. The number of pyridine rings is 1. The molecule has 9 nitrogen and oxygen atoms in total. The summed E-state index contributed by atoms with van der Waals surface area (Å²) < 4.78 is 31.2. The summed E-state index contributed by atoms with van der Waals surface area (Å²) >= 11 is 1.23. The predicted molar refractivity (Wildman–Crippen MR) is 119 cm³/mol. The number of aromatic nitrogens is 4. The lowest BCUT2D eigenvalue weighted by Gasteiger charge is -2.08. The molecule has 0 aliphatic carbocycles. The van der Waals surface area contributed by atoms with Crippen LogP contribution in [-0.4, -0.2) is 31.6 Å². The number of carbonyl (C=O) groups excluding carboxylic acids is 1. The average Bonchev–Trinajstić information content (AvgIpc) is 3.15. The van der Waals surface area contributed by atoms with Gasteiger partial charge < -0.3 is 4.74 Å². The Morgan fingerprint density at radius 3 is 2.52 bits per heavy atom. The van der Waals surface area contributed by atoms with Crippen LogP contribution >= 0.6 is 11.3 Å². The molecule has 3 heterocycles. The van der Waals surface area contributed by atoms with Gasteiger partial charge in [-0.1, -0.05) is 0 Å². The van der Waals surface area contributed by atoms with Crippen molar-refractivity contribution < 1.29 is 18.3 Å². The lowest BCUT2D eigenvalue weighted by Crippen LogP contribution is -2.37. The number of anilines is 1. The van der Waals surface area contributed by atoms with Gasteiger partial charge in [0.1, 0.15) is 11.4 Å². The maximum atomic E-state index is 12.8. The van der Waals surface area contributed by atoms with E-state index in [-0.39, 0.29) is 22.3 Å². The molecule has 0 radical (unpaired) electrons. The molecule has 0 unspecified atom stereocenters. The van der Waals surface area contributed by atoms with E-state index in [1.807, 2.05) is 6.92 Å². The first-order chi connectivity index (χ1) is 15.7. The van der Waals surface area contributed by atoms with Crippen LogP contribution in [0.4, 0.5) is 13.9 Å². The number of nitrogens with one attached hydrogen (secondary N) is 1. The number of alkyl halides is 2. The minimum Gasteiger partial charge on any atom is -0.435 e. The van der Waals surface area contributed by atoms with Crippen LogP contribution in [0.1, 0.15) is 15.2 Å². The highest BCUT2D eigenvalue weighted by Gasteiger charge is 2.17. The average molecular weight is 473 g/mol. The van der Waals surface area contributed by atoms with E-state index in [0.29, 0.717) is 16.4 Å². The molecule has 0 spiro atoms. The normalized spacial score (nSPS) is 11.2. The van der Waals surface area contributed by atoms with Crippen LogP contribution in [0.2, 0.25) is 0 Å². The fourth-order valence-corrected chi connectivity index (χ4v) is 4.10. The Bertz CT molecular complexity index is 1490. The molecule has 0 aliphatic heterocycles. The van der Waals surface area contributed by atoms with Crippen molar-refractivity contribution in [3.05, 3.63) is 67.8 Å². The summed E-state index contributed by atoms with van der Waals surface area (Å²) in [6.45, 7) is -1.10. The standard InChI is InChI=1S/C21H17F2N5O4S/c1-10-15(11-4-6-13(7-5-11)32-19(22)23)25-20(33-10)26-17(29)12-8-14-16(24-9-12)27(2)21(31)28(3)18(14)30/h4-9,19H,1-3H3,(H,25,26,29). The molecule has 0 atom stereocenters. The van der Waals surface area contributed by atoms with Crippen LogP contribution in [0.3, 0.4) is 0 Å². The van der Waals surface area contributed by atoms with Gasteiger partial charge in [-0.3, -0.25) is 24.0 Å². The molecule has 170 valence electrons. The van der Waals surface area contributed by atoms with Gasteiger partial charge in [0.15, 0.2) is 5.13 Å². The third-order valence-electron chi connectivity index (χ3n) is 4.93. The lowest BCUT2D eigenvalue weighted by atomic mass is 10.1. The van der Waals surface area contributed by atoms with Crippen LogP contribution in [0, 0.1) is 6.92 Å². The van der Waals surface area contributed by atoms with Crippen LogP contribution in [-0.2, 0) is 14.1 Å². The van der Waals surface area contributed by atoms with Crippen molar-refractivity contribution in [2.24, 2.45) is 14.1 Å². The second-order valence-electron chi connectivity index (χ2n) is 7.08. The van der Waals surface area contributed by atoms with Gasteiger partial charge in [0.05, 0.1) is 16.6 Å². The molecule has 1 amide bonds. The SMILES string of the molecule is Cc1sc(NC(=O)c2cnc3c(c2)c(=O)n(C)c(=O)n3C)nc1-c1ccc(OC(F)F)cc1. The van der Waals surface area contributed by atoms with Gasteiger partial charge in [0.2, 0.25) is 0 Å². The highest BCUT2D eigenvalue weighted by Crippen LogP contribution is 2.31. The van der Waals surface area contributed by atoms with E-state index in [0.717, 1.165) is 9.44 Å². The van der Waals surface area contributed by atoms with Crippen LogP contribution in [0.5, 0.6) is 5.75 Å². The van der Waals surface area contributed by atoms with Gasteiger partial charge >= 0.3 is 12.3 Å². The minimum absolute atomic E-state index is 0.0302. The minimum atomic E-state index is -2.91. The van der Waals surface area contributed by atoms with Crippen molar-refractivity contribution in [3.8, 4) is 17.0 Å². The number of benzene rings is 1. The second-order valence-corrected chi connectivity index (χ2v) is 8.28. The van der Waals surface area contributed by atoms with Gasteiger partial charge in [-0.05, 0) is 37.3 Å². The summed E-state index contributed by atoms with van der Waals surface area (Å²) in [6, 6.07) is 7.39. The van der Waals surface area contributed by atoms with Crippen molar-refractivity contribution in [1.82, 2.24) is 19.1 Å². The number of aryl methyl sites for hydroxylation is 2. The molecule has 1 aromatic carbocycles. The van der Waals surface area contributed by atoms with E-state index in [2.05, 4.69) is 20.0 Å². The van der Waals surface area contributed by atoms with Gasteiger partial charge in [-0.2, -0.15) is 8.78 Å². The number of fused-ring (bicyclic) bond motifs is 1. The van der Waals surface area contributed by atoms with Crippen LogP contribution in [0.15, 0.2) is 46.1 Å².